The van der Waals surface area contributed by atoms with Crippen LogP contribution >= 0.6 is 0 Å². The first-order chi connectivity index (χ1) is 8.81. The standard InChI is InChI=1S/C15H23N3O/c1-15(2,3)9-18(5)10-6-7-11-12(8-10)17-14(19)13(11)16-4/h6-8,13,16H,9H2,1-5H3,(H,17,19). The van der Waals surface area contributed by atoms with Gasteiger partial charge in [-0.2, -0.15) is 0 Å². The van der Waals surface area contributed by atoms with Crippen molar-refractivity contribution in [2.75, 3.05) is 30.9 Å². The number of rotatable bonds is 3. The first-order valence-electron chi connectivity index (χ1n) is 6.65. The summed E-state index contributed by atoms with van der Waals surface area (Å²) in [6.45, 7) is 7.62. The number of nitrogens with zero attached hydrogens (tertiary/aromatic N) is 1. The average molecular weight is 261 g/mol. The highest BCUT2D eigenvalue weighted by atomic mass is 16.2. The summed E-state index contributed by atoms with van der Waals surface area (Å²) in [6.07, 6.45) is 0. The van der Waals surface area contributed by atoms with Gasteiger partial charge in [0.2, 0.25) is 5.91 Å². The van der Waals surface area contributed by atoms with Gasteiger partial charge in [-0.1, -0.05) is 26.8 Å². The summed E-state index contributed by atoms with van der Waals surface area (Å²) in [5.41, 5.74) is 3.32. The number of anilines is 2. The Kier molecular flexibility index (Phi) is 3.54. The average Bonchev–Trinajstić information content (AvgIpc) is 2.60. The summed E-state index contributed by atoms with van der Waals surface area (Å²) in [5, 5.41) is 5.96. The van der Waals surface area contributed by atoms with E-state index < -0.39 is 0 Å². The van der Waals surface area contributed by atoms with E-state index in [4.69, 9.17) is 0 Å². The Hall–Kier alpha value is -1.55. The van der Waals surface area contributed by atoms with Crippen molar-refractivity contribution in [3.05, 3.63) is 23.8 Å². The van der Waals surface area contributed by atoms with Gasteiger partial charge in [0.05, 0.1) is 0 Å². The molecule has 1 aromatic carbocycles. The number of fused-ring (bicyclic) bond motifs is 1. The van der Waals surface area contributed by atoms with Crippen molar-refractivity contribution >= 4 is 17.3 Å². The van der Waals surface area contributed by atoms with Gasteiger partial charge in [0.25, 0.3) is 0 Å². The van der Waals surface area contributed by atoms with Crippen LogP contribution in [0.3, 0.4) is 0 Å². The number of carbonyl (C=O) groups is 1. The maximum atomic E-state index is 11.8. The Labute approximate surface area is 115 Å². The summed E-state index contributed by atoms with van der Waals surface area (Å²) in [7, 11) is 3.89. The molecule has 19 heavy (non-hydrogen) atoms. The van der Waals surface area contributed by atoms with Crippen molar-refractivity contribution in [1.82, 2.24) is 5.32 Å². The SMILES string of the molecule is CNC1C(=O)Nc2cc(N(C)CC(C)(C)C)ccc21. The van der Waals surface area contributed by atoms with E-state index in [0.29, 0.717) is 0 Å². The van der Waals surface area contributed by atoms with Gasteiger partial charge in [-0.15, -0.1) is 0 Å². The maximum absolute atomic E-state index is 11.8. The minimum atomic E-state index is -0.225. The number of nitrogens with one attached hydrogen (secondary N) is 2. The molecule has 0 fully saturated rings. The van der Waals surface area contributed by atoms with Crippen LogP contribution in [-0.2, 0) is 4.79 Å². The monoisotopic (exact) mass is 261 g/mol. The first-order valence-corrected chi connectivity index (χ1v) is 6.65. The van der Waals surface area contributed by atoms with Crippen LogP contribution in [0.15, 0.2) is 18.2 Å². The van der Waals surface area contributed by atoms with Crippen LogP contribution in [0.4, 0.5) is 11.4 Å². The molecule has 4 nitrogen and oxygen atoms in total. The van der Waals surface area contributed by atoms with Gasteiger partial charge in [-0.05, 0) is 24.6 Å². The number of benzene rings is 1. The number of hydrogen-bond donors (Lipinski definition) is 2. The fourth-order valence-corrected chi connectivity index (χ4v) is 2.58. The summed E-state index contributed by atoms with van der Waals surface area (Å²) >= 11 is 0. The van der Waals surface area contributed by atoms with Crippen molar-refractivity contribution in [2.24, 2.45) is 5.41 Å². The zero-order valence-corrected chi connectivity index (χ0v) is 12.4. The van der Waals surface area contributed by atoms with E-state index in [1.807, 2.05) is 6.07 Å². The molecule has 1 aromatic rings. The second kappa shape index (κ2) is 4.85. The van der Waals surface area contributed by atoms with Gasteiger partial charge in [0.1, 0.15) is 6.04 Å². The molecule has 1 unspecified atom stereocenters. The van der Waals surface area contributed by atoms with E-state index >= 15 is 0 Å². The smallest absolute Gasteiger partial charge is 0.246 e. The van der Waals surface area contributed by atoms with Crippen LogP contribution in [0.1, 0.15) is 32.4 Å². The largest absolute Gasteiger partial charge is 0.374 e. The Morgan fingerprint density at radius 1 is 1.37 bits per heavy atom. The minimum absolute atomic E-state index is 0.0214. The van der Waals surface area contributed by atoms with E-state index in [2.05, 4.69) is 55.5 Å². The molecule has 0 aromatic heterocycles. The lowest BCUT2D eigenvalue weighted by atomic mass is 9.96. The van der Waals surface area contributed by atoms with Gasteiger partial charge < -0.3 is 15.5 Å². The fraction of sp³-hybridized carbons (Fsp3) is 0.533. The van der Waals surface area contributed by atoms with Gasteiger partial charge >= 0.3 is 0 Å². The van der Waals surface area contributed by atoms with Crippen molar-refractivity contribution in [3.8, 4) is 0 Å². The molecule has 1 heterocycles. The lowest BCUT2D eigenvalue weighted by Crippen LogP contribution is -2.29. The lowest BCUT2D eigenvalue weighted by molar-refractivity contribution is -0.117. The third-order valence-electron chi connectivity index (χ3n) is 3.31. The normalized spacial score (nSPS) is 18.2. The zero-order chi connectivity index (χ0) is 14.2. The molecule has 0 saturated carbocycles. The van der Waals surface area contributed by atoms with Gasteiger partial charge in [-0.3, -0.25) is 4.79 Å². The molecule has 2 rings (SSSR count). The van der Waals surface area contributed by atoms with Crippen molar-refractivity contribution in [3.63, 3.8) is 0 Å². The van der Waals surface area contributed by atoms with E-state index in [-0.39, 0.29) is 17.4 Å². The number of likely N-dealkylation sites (N-methyl/N-ethyl adjacent to an activating group) is 1. The molecule has 0 aliphatic carbocycles. The third kappa shape index (κ3) is 2.89. The molecule has 1 atom stereocenters. The predicted molar refractivity (Wildman–Crippen MR) is 79.6 cm³/mol. The summed E-state index contributed by atoms with van der Waals surface area (Å²) in [5.74, 6) is 0.0214. The van der Waals surface area contributed by atoms with Crippen LogP contribution in [0.2, 0.25) is 0 Å². The molecule has 1 aliphatic heterocycles. The summed E-state index contributed by atoms with van der Waals surface area (Å²) < 4.78 is 0. The van der Waals surface area contributed by atoms with Crippen molar-refractivity contribution < 1.29 is 4.79 Å². The van der Waals surface area contributed by atoms with Gasteiger partial charge in [0.15, 0.2) is 0 Å². The Bertz CT molecular complexity index is 491. The van der Waals surface area contributed by atoms with Crippen LogP contribution < -0.4 is 15.5 Å². The van der Waals surface area contributed by atoms with Crippen LogP contribution in [0.5, 0.6) is 0 Å². The van der Waals surface area contributed by atoms with Gasteiger partial charge in [0, 0.05) is 30.5 Å². The Morgan fingerprint density at radius 3 is 2.63 bits per heavy atom. The highest BCUT2D eigenvalue weighted by Crippen LogP contribution is 2.34. The third-order valence-corrected chi connectivity index (χ3v) is 3.31. The fourth-order valence-electron chi connectivity index (χ4n) is 2.58. The van der Waals surface area contributed by atoms with E-state index in [1.165, 1.54) is 0 Å². The molecule has 1 aliphatic rings. The van der Waals surface area contributed by atoms with E-state index in [9.17, 15) is 4.79 Å². The Morgan fingerprint density at radius 2 is 2.05 bits per heavy atom. The highest BCUT2D eigenvalue weighted by Gasteiger charge is 2.29. The number of amides is 1. The topological polar surface area (TPSA) is 44.4 Å². The lowest BCUT2D eigenvalue weighted by Gasteiger charge is -2.28. The van der Waals surface area contributed by atoms with Crippen LogP contribution in [0, 0.1) is 5.41 Å². The van der Waals surface area contributed by atoms with Gasteiger partial charge in [-0.25, -0.2) is 0 Å². The first kappa shape index (κ1) is 13.9. The minimum Gasteiger partial charge on any atom is -0.374 e. The maximum Gasteiger partial charge on any atom is 0.246 e. The molecule has 0 bridgehead atoms. The predicted octanol–water partition coefficient (Wildman–Crippen LogP) is 2.38. The number of hydrogen-bond acceptors (Lipinski definition) is 3. The molecule has 0 radical (unpaired) electrons. The summed E-state index contributed by atoms with van der Waals surface area (Å²) in [4.78, 5) is 14.0. The quantitative estimate of drug-likeness (QED) is 0.878. The molecule has 2 N–H and O–H groups in total. The van der Waals surface area contributed by atoms with E-state index in [0.717, 1.165) is 23.5 Å². The van der Waals surface area contributed by atoms with Crippen molar-refractivity contribution in [2.45, 2.75) is 26.8 Å². The van der Waals surface area contributed by atoms with Crippen LogP contribution in [-0.4, -0.2) is 26.5 Å². The highest BCUT2D eigenvalue weighted by molar-refractivity contribution is 6.03. The molecular weight excluding hydrogens is 238 g/mol. The summed E-state index contributed by atoms with van der Waals surface area (Å²) in [6, 6.07) is 5.94. The molecular formula is C15H23N3O. The molecule has 104 valence electrons. The van der Waals surface area contributed by atoms with Crippen LogP contribution in [0.25, 0.3) is 0 Å². The zero-order valence-electron chi connectivity index (χ0n) is 12.4. The molecule has 0 saturated heterocycles. The number of carbonyl (C=O) groups excluding carboxylic acids is 1. The second-order valence-corrected chi connectivity index (χ2v) is 6.40. The molecule has 0 spiro atoms. The molecule has 4 heteroatoms. The second-order valence-electron chi connectivity index (χ2n) is 6.40. The molecule has 1 amide bonds. The van der Waals surface area contributed by atoms with E-state index in [1.54, 1.807) is 7.05 Å². The van der Waals surface area contributed by atoms with Crippen molar-refractivity contribution in [1.29, 1.82) is 0 Å². The Balaban J connectivity index is 2.24.